The van der Waals surface area contributed by atoms with Crippen molar-refractivity contribution in [2.24, 2.45) is 4.99 Å². The molecule has 27 heavy (non-hydrogen) atoms. The summed E-state index contributed by atoms with van der Waals surface area (Å²) >= 11 is 0. The van der Waals surface area contributed by atoms with Crippen LogP contribution in [0.3, 0.4) is 0 Å². The van der Waals surface area contributed by atoms with Crippen molar-refractivity contribution < 1.29 is 14.3 Å². The molecule has 2 N–H and O–H groups in total. The van der Waals surface area contributed by atoms with Gasteiger partial charge < -0.3 is 25.0 Å². The zero-order chi connectivity index (χ0) is 19.9. The van der Waals surface area contributed by atoms with Gasteiger partial charge in [-0.2, -0.15) is 0 Å². The highest BCUT2D eigenvalue weighted by molar-refractivity contribution is 5.80. The highest BCUT2D eigenvalue weighted by Crippen LogP contribution is 2.14. The first kappa shape index (κ1) is 20.9. The van der Waals surface area contributed by atoms with Gasteiger partial charge in [-0.1, -0.05) is 12.1 Å². The number of ether oxygens (including phenoxy) is 2. The lowest BCUT2D eigenvalue weighted by molar-refractivity contribution is 0.0507. The van der Waals surface area contributed by atoms with Crippen LogP contribution in [0.5, 0.6) is 5.75 Å². The molecule has 0 radical (unpaired) electrons. The first-order chi connectivity index (χ1) is 12.8. The number of nitrogens with one attached hydrogen (secondary N) is 2. The first-order valence-corrected chi connectivity index (χ1v) is 9.46. The molecule has 1 atom stereocenters. The number of hydrogen-bond acceptors (Lipinski definition) is 4. The van der Waals surface area contributed by atoms with Crippen LogP contribution in [0.15, 0.2) is 29.3 Å². The molecular formula is C20H32N4O3. The summed E-state index contributed by atoms with van der Waals surface area (Å²) in [6.45, 7) is 10.6. The van der Waals surface area contributed by atoms with Crippen molar-refractivity contribution in [3.63, 3.8) is 0 Å². The van der Waals surface area contributed by atoms with Crippen molar-refractivity contribution in [1.82, 2.24) is 15.5 Å². The van der Waals surface area contributed by atoms with E-state index < -0.39 is 5.60 Å². The summed E-state index contributed by atoms with van der Waals surface area (Å²) in [6.07, 6.45) is 0.501. The van der Waals surface area contributed by atoms with E-state index in [1.165, 1.54) is 0 Å². The number of hydrogen-bond donors (Lipinski definition) is 2. The summed E-state index contributed by atoms with van der Waals surface area (Å²) in [7, 11) is 1.66. The summed E-state index contributed by atoms with van der Waals surface area (Å²) in [5.41, 5.74) is 0.630. The first-order valence-electron chi connectivity index (χ1n) is 9.46. The topological polar surface area (TPSA) is 75.2 Å². The van der Waals surface area contributed by atoms with E-state index in [1.807, 2.05) is 45.0 Å². The number of benzene rings is 1. The molecule has 2 rings (SSSR count). The average molecular weight is 377 g/mol. The number of carbonyl (C=O) groups excluding carboxylic acids is 1. The van der Waals surface area contributed by atoms with E-state index in [0.29, 0.717) is 13.1 Å². The number of aliphatic imine (C=N–C) groups is 1. The van der Waals surface area contributed by atoms with Crippen LogP contribution in [-0.4, -0.2) is 55.3 Å². The highest BCUT2D eigenvalue weighted by Gasteiger charge is 2.27. The second kappa shape index (κ2) is 9.48. The van der Waals surface area contributed by atoms with Gasteiger partial charge in [0.1, 0.15) is 11.4 Å². The van der Waals surface area contributed by atoms with Gasteiger partial charge in [0, 0.05) is 19.6 Å². The molecule has 1 aliphatic heterocycles. The Bertz CT molecular complexity index is 638. The van der Waals surface area contributed by atoms with E-state index in [1.54, 1.807) is 7.11 Å². The van der Waals surface area contributed by atoms with Gasteiger partial charge in [0.15, 0.2) is 5.96 Å². The Morgan fingerprint density at radius 3 is 2.59 bits per heavy atom. The molecule has 7 heteroatoms. The number of alkyl carbamates (subject to hydrolysis) is 1. The van der Waals surface area contributed by atoms with Gasteiger partial charge in [-0.15, -0.1) is 0 Å². The quantitative estimate of drug-likeness (QED) is 0.610. The molecular weight excluding hydrogens is 344 g/mol. The lowest BCUT2D eigenvalue weighted by atomic mass is 10.2. The number of amides is 1. The molecule has 150 valence electrons. The fourth-order valence-electron chi connectivity index (χ4n) is 2.87. The molecule has 1 aromatic carbocycles. The second-order valence-electron chi connectivity index (χ2n) is 7.60. The Hall–Kier alpha value is -2.44. The molecule has 0 aromatic heterocycles. The molecule has 0 saturated carbocycles. The molecule has 1 saturated heterocycles. The van der Waals surface area contributed by atoms with E-state index in [0.717, 1.165) is 36.8 Å². The van der Waals surface area contributed by atoms with Crippen molar-refractivity contribution in [2.75, 3.05) is 26.7 Å². The van der Waals surface area contributed by atoms with E-state index >= 15 is 0 Å². The molecule has 0 bridgehead atoms. The second-order valence-corrected chi connectivity index (χ2v) is 7.60. The fraction of sp³-hybridized carbons (Fsp3) is 0.600. The zero-order valence-corrected chi connectivity index (χ0v) is 17.0. The van der Waals surface area contributed by atoms with Gasteiger partial charge in [0.2, 0.25) is 0 Å². The standard InChI is InChI=1S/C20H32N4O3/c1-6-21-18(22-13-15-7-9-17(26-5)10-8-15)24-12-11-16(14-24)23-19(25)27-20(2,3)4/h7-10,16H,6,11-14H2,1-5H3,(H,21,22)(H,23,25). The van der Waals surface area contributed by atoms with E-state index in [4.69, 9.17) is 14.5 Å². The zero-order valence-electron chi connectivity index (χ0n) is 17.0. The Morgan fingerprint density at radius 2 is 2.00 bits per heavy atom. The van der Waals surface area contributed by atoms with Gasteiger partial charge >= 0.3 is 6.09 Å². The van der Waals surface area contributed by atoms with Crippen LogP contribution in [-0.2, 0) is 11.3 Å². The number of rotatable bonds is 5. The predicted octanol–water partition coefficient (Wildman–Crippen LogP) is 2.76. The van der Waals surface area contributed by atoms with Crippen molar-refractivity contribution in [3.8, 4) is 5.75 Å². The van der Waals surface area contributed by atoms with Crippen molar-refractivity contribution in [2.45, 2.75) is 52.3 Å². The molecule has 7 nitrogen and oxygen atoms in total. The number of nitrogens with zero attached hydrogens (tertiary/aromatic N) is 2. The van der Waals surface area contributed by atoms with Crippen molar-refractivity contribution >= 4 is 12.1 Å². The maximum Gasteiger partial charge on any atom is 0.407 e. The van der Waals surface area contributed by atoms with E-state index in [-0.39, 0.29) is 12.1 Å². The number of methoxy groups -OCH3 is 1. The Labute approximate surface area is 162 Å². The summed E-state index contributed by atoms with van der Waals surface area (Å²) < 4.78 is 10.5. The minimum Gasteiger partial charge on any atom is -0.497 e. The maximum atomic E-state index is 12.0. The molecule has 1 aromatic rings. The summed E-state index contributed by atoms with van der Waals surface area (Å²) in [6, 6.07) is 7.97. The molecule has 1 heterocycles. The van der Waals surface area contributed by atoms with Crippen LogP contribution in [0.4, 0.5) is 4.79 Å². The van der Waals surface area contributed by atoms with Crippen molar-refractivity contribution in [3.05, 3.63) is 29.8 Å². The van der Waals surface area contributed by atoms with Crippen LogP contribution < -0.4 is 15.4 Å². The fourth-order valence-corrected chi connectivity index (χ4v) is 2.87. The van der Waals surface area contributed by atoms with Crippen LogP contribution in [0.25, 0.3) is 0 Å². The number of carbonyl (C=O) groups is 1. The van der Waals surface area contributed by atoms with Gasteiger partial charge in [0.25, 0.3) is 0 Å². The predicted molar refractivity (Wildman–Crippen MR) is 107 cm³/mol. The molecule has 0 aliphatic carbocycles. The van der Waals surface area contributed by atoms with Crippen LogP contribution in [0.1, 0.15) is 39.7 Å². The van der Waals surface area contributed by atoms with Crippen LogP contribution in [0.2, 0.25) is 0 Å². The van der Waals surface area contributed by atoms with Crippen LogP contribution >= 0.6 is 0 Å². The van der Waals surface area contributed by atoms with Crippen molar-refractivity contribution in [1.29, 1.82) is 0 Å². The van der Waals surface area contributed by atoms with Crippen LogP contribution in [0, 0.1) is 0 Å². The minimum absolute atomic E-state index is 0.0599. The normalized spacial score (nSPS) is 17.6. The summed E-state index contributed by atoms with van der Waals surface area (Å²) in [5.74, 6) is 1.70. The van der Waals surface area contributed by atoms with Gasteiger partial charge in [-0.25, -0.2) is 9.79 Å². The maximum absolute atomic E-state index is 12.0. The highest BCUT2D eigenvalue weighted by atomic mass is 16.6. The molecule has 0 spiro atoms. The largest absolute Gasteiger partial charge is 0.497 e. The molecule has 1 fully saturated rings. The Kier molecular flexibility index (Phi) is 7.33. The molecule has 1 amide bonds. The minimum atomic E-state index is -0.489. The number of guanidine groups is 1. The summed E-state index contributed by atoms with van der Waals surface area (Å²) in [4.78, 5) is 18.9. The average Bonchev–Trinajstić information content (AvgIpc) is 3.05. The third-order valence-electron chi connectivity index (χ3n) is 4.11. The summed E-state index contributed by atoms with van der Waals surface area (Å²) in [5, 5.41) is 6.29. The lowest BCUT2D eigenvalue weighted by Gasteiger charge is -2.23. The van der Waals surface area contributed by atoms with E-state index in [2.05, 4.69) is 22.5 Å². The van der Waals surface area contributed by atoms with E-state index in [9.17, 15) is 4.79 Å². The third-order valence-corrected chi connectivity index (χ3v) is 4.11. The SMILES string of the molecule is CCNC(=NCc1ccc(OC)cc1)N1CCC(NC(=O)OC(C)(C)C)C1. The lowest BCUT2D eigenvalue weighted by Crippen LogP contribution is -2.44. The Balaban J connectivity index is 1.93. The van der Waals surface area contributed by atoms with Gasteiger partial charge in [-0.05, 0) is 51.8 Å². The molecule has 1 unspecified atom stereocenters. The van der Waals surface area contributed by atoms with Gasteiger partial charge in [0.05, 0.1) is 19.7 Å². The monoisotopic (exact) mass is 376 g/mol. The molecule has 1 aliphatic rings. The third kappa shape index (κ3) is 7.00. The Morgan fingerprint density at radius 1 is 1.30 bits per heavy atom. The number of likely N-dealkylation sites (tertiary alicyclic amines) is 1. The smallest absolute Gasteiger partial charge is 0.407 e. The van der Waals surface area contributed by atoms with Gasteiger partial charge in [-0.3, -0.25) is 0 Å².